The van der Waals surface area contributed by atoms with E-state index in [4.69, 9.17) is 5.73 Å². The Morgan fingerprint density at radius 3 is 2.80 bits per heavy atom. The lowest BCUT2D eigenvalue weighted by atomic mass is 10.1. The molecule has 0 fully saturated rings. The molecule has 0 aliphatic rings. The summed E-state index contributed by atoms with van der Waals surface area (Å²) in [5.41, 5.74) is 4.88. The second kappa shape index (κ2) is 5.66. The molecule has 110 valence electrons. The van der Waals surface area contributed by atoms with E-state index >= 15 is 0 Å². The molecule has 8 heteroatoms. The van der Waals surface area contributed by atoms with E-state index in [9.17, 15) is 13.2 Å². The quantitative estimate of drug-likeness (QED) is 0.885. The van der Waals surface area contributed by atoms with E-state index in [0.29, 0.717) is 17.9 Å². The first kappa shape index (κ1) is 14.6. The summed E-state index contributed by atoms with van der Waals surface area (Å²) in [6, 6.07) is 1.06. The fourth-order valence-corrected chi connectivity index (χ4v) is 1.94. The van der Waals surface area contributed by atoms with Gasteiger partial charge in [0.05, 0.1) is 0 Å². The number of nitrogens with one attached hydrogen (secondary N) is 1. The summed E-state index contributed by atoms with van der Waals surface area (Å²) >= 11 is 0. The lowest BCUT2D eigenvalue weighted by Crippen LogP contribution is -2.23. The fourth-order valence-electron chi connectivity index (χ4n) is 1.94. The molecule has 1 unspecified atom stereocenters. The first-order valence-electron chi connectivity index (χ1n) is 6.34. The topological polar surface area (TPSA) is 68.2 Å². The molecule has 0 aromatic carbocycles. The molecule has 5 nitrogen and oxygen atoms in total. The highest BCUT2D eigenvalue weighted by Gasteiger charge is 2.34. The summed E-state index contributed by atoms with van der Waals surface area (Å²) in [6.07, 6.45) is -0.137. The highest BCUT2D eigenvalue weighted by atomic mass is 19.4. The Morgan fingerprint density at radius 2 is 2.20 bits per heavy atom. The lowest BCUT2D eigenvalue weighted by molar-refractivity contribution is -0.141. The fraction of sp³-hybridized carbons (Fsp3) is 0.500. The predicted molar refractivity (Wildman–Crippen MR) is 69.4 cm³/mol. The smallest absolute Gasteiger partial charge is 0.366 e. The maximum atomic E-state index is 12.7. The van der Waals surface area contributed by atoms with Crippen molar-refractivity contribution in [1.82, 2.24) is 14.6 Å². The zero-order chi connectivity index (χ0) is 14.8. The third-order valence-electron chi connectivity index (χ3n) is 3.03. The lowest BCUT2D eigenvalue weighted by Gasteiger charge is -2.16. The van der Waals surface area contributed by atoms with E-state index in [1.807, 2.05) is 6.92 Å². The Hall–Kier alpha value is -1.83. The van der Waals surface area contributed by atoms with Gasteiger partial charge in [0.15, 0.2) is 11.5 Å². The SMILES string of the molecule is CCC(CCN)Nc1nccn2nc(C(F)(F)F)cc12. The monoisotopic (exact) mass is 287 g/mol. The van der Waals surface area contributed by atoms with Crippen LogP contribution < -0.4 is 11.1 Å². The van der Waals surface area contributed by atoms with Crippen LogP contribution in [0.2, 0.25) is 0 Å². The minimum absolute atomic E-state index is 0.0722. The summed E-state index contributed by atoms with van der Waals surface area (Å²) in [6.45, 7) is 2.48. The van der Waals surface area contributed by atoms with Crippen molar-refractivity contribution in [3.8, 4) is 0 Å². The predicted octanol–water partition coefficient (Wildman–Crippen LogP) is 2.29. The van der Waals surface area contributed by atoms with Crippen LogP contribution in [0.25, 0.3) is 5.52 Å². The summed E-state index contributed by atoms with van der Waals surface area (Å²) in [5, 5.41) is 6.63. The molecule has 1 atom stereocenters. The first-order valence-corrected chi connectivity index (χ1v) is 6.34. The molecule has 20 heavy (non-hydrogen) atoms. The normalized spacial score (nSPS) is 13.7. The molecule has 0 bridgehead atoms. The van der Waals surface area contributed by atoms with Gasteiger partial charge in [0.25, 0.3) is 0 Å². The molecule has 0 aliphatic carbocycles. The summed E-state index contributed by atoms with van der Waals surface area (Å²) < 4.78 is 39.2. The largest absolute Gasteiger partial charge is 0.435 e. The van der Waals surface area contributed by atoms with E-state index in [1.165, 1.54) is 16.9 Å². The van der Waals surface area contributed by atoms with Gasteiger partial charge in [-0.15, -0.1) is 0 Å². The Kier molecular flexibility index (Phi) is 4.12. The summed E-state index contributed by atoms with van der Waals surface area (Å²) in [7, 11) is 0. The van der Waals surface area contributed by atoms with Crippen molar-refractivity contribution in [3.63, 3.8) is 0 Å². The number of hydrogen-bond acceptors (Lipinski definition) is 4. The Bertz CT molecular complexity index is 578. The number of hydrogen-bond donors (Lipinski definition) is 2. The third-order valence-corrected chi connectivity index (χ3v) is 3.03. The van der Waals surface area contributed by atoms with Crippen molar-refractivity contribution in [2.45, 2.75) is 32.0 Å². The molecule has 0 radical (unpaired) electrons. The van der Waals surface area contributed by atoms with Gasteiger partial charge in [-0.2, -0.15) is 18.3 Å². The van der Waals surface area contributed by atoms with Gasteiger partial charge in [0.2, 0.25) is 0 Å². The molecule has 2 rings (SSSR count). The molecule has 0 saturated heterocycles. The standard InChI is InChI=1S/C12H16F3N5/c1-2-8(3-4-16)18-11-9-7-10(12(13,14)15)19-20(9)6-5-17-11/h5-8H,2-4,16H2,1H3,(H,17,18). The number of nitrogens with zero attached hydrogens (tertiary/aromatic N) is 3. The number of alkyl halides is 3. The Balaban J connectivity index is 2.36. The van der Waals surface area contributed by atoms with Gasteiger partial charge in [0, 0.05) is 24.5 Å². The van der Waals surface area contributed by atoms with Crippen molar-refractivity contribution in [3.05, 3.63) is 24.2 Å². The molecule has 0 aliphatic heterocycles. The minimum atomic E-state index is -4.47. The van der Waals surface area contributed by atoms with Crippen molar-refractivity contribution < 1.29 is 13.2 Å². The zero-order valence-corrected chi connectivity index (χ0v) is 11.0. The number of aromatic nitrogens is 3. The van der Waals surface area contributed by atoms with Crippen molar-refractivity contribution >= 4 is 11.3 Å². The molecular weight excluding hydrogens is 271 g/mol. The highest BCUT2D eigenvalue weighted by molar-refractivity contribution is 5.68. The molecular formula is C12H16F3N5. The number of fused-ring (bicyclic) bond motifs is 1. The van der Waals surface area contributed by atoms with Crippen LogP contribution >= 0.6 is 0 Å². The Morgan fingerprint density at radius 1 is 1.45 bits per heavy atom. The van der Waals surface area contributed by atoms with Crippen molar-refractivity contribution in [2.75, 3.05) is 11.9 Å². The molecule has 0 saturated carbocycles. The maximum absolute atomic E-state index is 12.7. The van der Waals surface area contributed by atoms with E-state index in [0.717, 1.165) is 18.9 Å². The van der Waals surface area contributed by atoms with Crippen LogP contribution in [-0.2, 0) is 6.18 Å². The second-order valence-electron chi connectivity index (χ2n) is 4.46. The van der Waals surface area contributed by atoms with Crippen molar-refractivity contribution in [1.29, 1.82) is 0 Å². The molecule has 2 aromatic heterocycles. The van der Waals surface area contributed by atoms with Gasteiger partial charge in [-0.25, -0.2) is 9.50 Å². The van der Waals surface area contributed by atoms with Gasteiger partial charge in [-0.1, -0.05) is 6.92 Å². The zero-order valence-electron chi connectivity index (χ0n) is 11.0. The highest BCUT2D eigenvalue weighted by Crippen LogP contribution is 2.30. The van der Waals surface area contributed by atoms with Crippen LogP contribution in [0.15, 0.2) is 18.5 Å². The minimum Gasteiger partial charge on any atom is -0.366 e. The van der Waals surface area contributed by atoms with Gasteiger partial charge < -0.3 is 11.1 Å². The van der Waals surface area contributed by atoms with Gasteiger partial charge in [-0.05, 0) is 19.4 Å². The molecule has 2 heterocycles. The molecule has 3 N–H and O–H groups in total. The third kappa shape index (κ3) is 3.01. The van der Waals surface area contributed by atoms with Crippen LogP contribution in [0, 0.1) is 0 Å². The number of nitrogens with two attached hydrogens (primary N) is 1. The van der Waals surface area contributed by atoms with Gasteiger partial charge >= 0.3 is 6.18 Å². The Labute approximate surface area is 114 Å². The van der Waals surface area contributed by atoms with Crippen LogP contribution in [0.3, 0.4) is 0 Å². The number of rotatable bonds is 5. The van der Waals surface area contributed by atoms with Gasteiger partial charge in [-0.3, -0.25) is 0 Å². The molecule has 2 aromatic rings. The average Bonchev–Trinajstić information content (AvgIpc) is 2.83. The van der Waals surface area contributed by atoms with Gasteiger partial charge in [0.1, 0.15) is 5.52 Å². The van der Waals surface area contributed by atoms with E-state index in [2.05, 4.69) is 15.4 Å². The van der Waals surface area contributed by atoms with Crippen LogP contribution in [-0.4, -0.2) is 27.2 Å². The first-order chi connectivity index (χ1) is 9.45. The van der Waals surface area contributed by atoms with E-state index in [1.54, 1.807) is 0 Å². The summed E-state index contributed by atoms with van der Waals surface area (Å²) in [5.74, 6) is 0.385. The maximum Gasteiger partial charge on any atom is 0.435 e. The van der Waals surface area contributed by atoms with Crippen LogP contribution in [0.1, 0.15) is 25.5 Å². The van der Waals surface area contributed by atoms with Crippen molar-refractivity contribution in [2.24, 2.45) is 5.73 Å². The second-order valence-corrected chi connectivity index (χ2v) is 4.46. The van der Waals surface area contributed by atoms with E-state index < -0.39 is 11.9 Å². The van der Waals surface area contributed by atoms with E-state index in [-0.39, 0.29) is 6.04 Å². The average molecular weight is 287 g/mol. The van der Waals surface area contributed by atoms with Crippen LogP contribution in [0.5, 0.6) is 0 Å². The summed E-state index contributed by atoms with van der Waals surface area (Å²) in [4.78, 5) is 4.09. The van der Waals surface area contributed by atoms with Crippen LogP contribution in [0.4, 0.5) is 19.0 Å². The molecule has 0 amide bonds. The molecule has 0 spiro atoms. The number of anilines is 1. The number of halogens is 3.